The third-order valence-corrected chi connectivity index (χ3v) is 10.0. The van der Waals surface area contributed by atoms with Crippen LogP contribution in [0.3, 0.4) is 0 Å². The van der Waals surface area contributed by atoms with Crippen LogP contribution in [0.5, 0.6) is 0 Å². The summed E-state index contributed by atoms with van der Waals surface area (Å²) in [5, 5.41) is 8.72. The molecule has 0 saturated carbocycles. The van der Waals surface area contributed by atoms with Crippen molar-refractivity contribution in [1.82, 2.24) is 15.1 Å². The van der Waals surface area contributed by atoms with Crippen LogP contribution in [0.15, 0.2) is 49.9 Å². The SMILES string of the molecule is O=C(NCCC1=CCCCC1)c1nn(-c2ccc(Cl)cc2Cl)c(C2=CC=C(Br)[SeH2]2)c1Br. The van der Waals surface area contributed by atoms with Gasteiger partial charge >= 0.3 is 216 Å². The number of rotatable bonds is 6. The first-order valence-corrected chi connectivity index (χ1v) is 14.4. The van der Waals surface area contributed by atoms with Gasteiger partial charge in [0.05, 0.1) is 0 Å². The first-order valence-electron chi connectivity index (χ1n) is 9.99. The van der Waals surface area contributed by atoms with Crippen molar-refractivity contribution in [2.75, 3.05) is 6.54 Å². The number of hydrogen-bond acceptors (Lipinski definition) is 2. The Labute approximate surface area is 214 Å². The molecule has 164 valence electrons. The molecule has 0 bridgehead atoms. The second-order valence-corrected chi connectivity index (χ2v) is 14.2. The Bertz CT molecular complexity index is 1120. The Morgan fingerprint density at radius 2 is 2.06 bits per heavy atom. The van der Waals surface area contributed by atoms with Crippen molar-refractivity contribution in [3.63, 3.8) is 0 Å². The topological polar surface area (TPSA) is 46.9 Å². The molecule has 2 aliphatic rings. The molecule has 0 radical (unpaired) electrons. The van der Waals surface area contributed by atoms with Gasteiger partial charge in [-0.25, -0.2) is 0 Å². The van der Waals surface area contributed by atoms with E-state index in [4.69, 9.17) is 23.2 Å². The predicted molar refractivity (Wildman–Crippen MR) is 138 cm³/mol. The third kappa shape index (κ3) is 5.40. The van der Waals surface area contributed by atoms with Crippen LogP contribution < -0.4 is 5.32 Å². The van der Waals surface area contributed by atoms with Crippen LogP contribution in [-0.2, 0) is 0 Å². The van der Waals surface area contributed by atoms with E-state index in [1.807, 2.05) is 6.07 Å². The molecule has 1 aliphatic carbocycles. The van der Waals surface area contributed by atoms with Gasteiger partial charge in [0.1, 0.15) is 0 Å². The summed E-state index contributed by atoms with van der Waals surface area (Å²) in [6.07, 6.45) is 12.1. The van der Waals surface area contributed by atoms with Crippen LogP contribution in [0.4, 0.5) is 0 Å². The Kier molecular flexibility index (Phi) is 7.84. The van der Waals surface area contributed by atoms with Crippen LogP contribution in [-0.4, -0.2) is 37.2 Å². The van der Waals surface area contributed by atoms with E-state index in [1.54, 1.807) is 16.8 Å². The van der Waals surface area contributed by atoms with Gasteiger partial charge in [-0.15, -0.1) is 0 Å². The number of allylic oxidation sites excluding steroid dienone is 3. The molecule has 0 saturated heterocycles. The summed E-state index contributed by atoms with van der Waals surface area (Å²) in [7, 11) is 0. The van der Waals surface area contributed by atoms with Crippen molar-refractivity contribution in [2.45, 2.75) is 32.1 Å². The Morgan fingerprint density at radius 1 is 1.23 bits per heavy atom. The zero-order valence-corrected chi connectivity index (χ0v) is 23.3. The number of aromatic nitrogens is 2. The second kappa shape index (κ2) is 10.4. The number of nitrogens with one attached hydrogen (secondary N) is 1. The molecule has 1 aliphatic heterocycles. The van der Waals surface area contributed by atoms with E-state index >= 15 is 0 Å². The van der Waals surface area contributed by atoms with E-state index in [2.05, 4.69) is 60.5 Å². The molecular weight excluding hydrogens is 632 g/mol. The van der Waals surface area contributed by atoms with Gasteiger partial charge in [-0.05, 0) is 0 Å². The van der Waals surface area contributed by atoms with Gasteiger partial charge < -0.3 is 0 Å². The van der Waals surface area contributed by atoms with Crippen molar-refractivity contribution < 1.29 is 4.79 Å². The van der Waals surface area contributed by atoms with Crippen LogP contribution >= 0.6 is 55.1 Å². The third-order valence-electron chi connectivity index (χ3n) is 5.20. The average molecular weight is 653 g/mol. The van der Waals surface area contributed by atoms with Crippen LogP contribution in [0, 0.1) is 0 Å². The van der Waals surface area contributed by atoms with E-state index in [0.717, 1.165) is 29.4 Å². The van der Waals surface area contributed by atoms with Crippen molar-refractivity contribution in [1.29, 1.82) is 0 Å². The molecule has 0 spiro atoms. The number of carbonyl (C=O) groups is 1. The molecule has 1 N–H and O–H groups in total. The van der Waals surface area contributed by atoms with Gasteiger partial charge in [-0.2, -0.15) is 0 Å². The Balaban J connectivity index is 1.63. The van der Waals surface area contributed by atoms with Gasteiger partial charge in [0.25, 0.3) is 0 Å². The minimum atomic E-state index is -0.546. The number of amides is 1. The van der Waals surface area contributed by atoms with Gasteiger partial charge in [0.2, 0.25) is 0 Å². The Morgan fingerprint density at radius 3 is 2.74 bits per heavy atom. The summed E-state index contributed by atoms with van der Waals surface area (Å²) in [6.45, 7) is 0.602. The summed E-state index contributed by atoms with van der Waals surface area (Å²) in [4.78, 5) is 13.0. The zero-order chi connectivity index (χ0) is 22.0. The van der Waals surface area contributed by atoms with E-state index in [1.165, 1.54) is 21.8 Å². The number of halogens is 4. The molecular formula is C22H21Br2Cl2N3OSe. The molecule has 1 aromatic carbocycles. The van der Waals surface area contributed by atoms with Gasteiger partial charge in [0, 0.05) is 0 Å². The summed E-state index contributed by atoms with van der Waals surface area (Å²) in [5.74, 6) is -0.195. The van der Waals surface area contributed by atoms with E-state index in [-0.39, 0.29) is 5.91 Å². The number of carbonyl (C=O) groups excluding carboxylic acids is 1. The first kappa shape index (κ1) is 23.3. The van der Waals surface area contributed by atoms with Gasteiger partial charge in [-0.3, -0.25) is 0 Å². The molecule has 4 rings (SSSR count). The van der Waals surface area contributed by atoms with Crippen LogP contribution in [0.25, 0.3) is 10.2 Å². The normalized spacial score (nSPS) is 17.4. The fraction of sp³-hybridized carbons (Fsp3) is 0.273. The Hall–Kier alpha value is -0.821. The molecule has 2 aromatic rings. The summed E-state index contributed by atoms with van der Waals surface area (Å²) in [5.41, 5.74) is 3.33. The maximum atomic E-state index is 13.0. The predicted octanol–water partition coefficient (Wildman–Crippen LogP) is 6.32. The molecule has 4 nitrogen and oxygen atoms in total. The van der Waals surface area contributed by atoms with E-state index in [9.17, 15) is 4.79 Å². The molecule has 0 fully saturated rings. The molecule has 31 heavy (non-hydrogen) atoms. The van der Waals surface area contributed by atoms with Crippen LogP contribution in [0.1, 0.15) is 48.3 Å². The zero-order valence-electron chi connectivity index (χ0n) is 16.5. The standard InChI is InChI=1S/C22H21Br2Cl2N3OSe/c23-18-9-8-17(31-18)21-19(24)20(22(30)27-11-10-13-4-2-1-3-5-13)28-29(21)16-7-6-14(25)12-15(16)26/h4,6-9,12H,1-3,5,10-11,31H2,(H,27,30). The van der Waals surface area contributed by atoms with Gasteiger partial charge in [-0.1, -0.05) is 0 Å². The molecule has 0 unspecified atom stereocenters. The first-order chi connectivity index (χ1) is 14.9. The molecule has 1 aromatic heterocycles. The summed E-state index contributed by atoms with van der Waals surface area (Å²) >= 11 is 19.3. The number of nitrogens with zero attached hydrogens (tertiary/aromatic N) is 2. The molecule has 0 atom stereocenters. The quantitative estimate of drug-likeness (QED) is 0.293. The van der Waals surface area contributed by atoms with Crippen molar-refractivity contribution in [3.05, 3.63) is 71.3 Å². The second-order valence-electron chi connectivity index (χ2n) is 7.35. The van der Waals surface area contributed by atoms with Crippen molar-refractivity contribution >= 4 is 80.4 Å². The van der Waals surface area contributed by atoms with Crippen molar-refractivity contribution in [2.24, 2.45) is 0 Å². The fourth-order valence-corrected chi connectivity index (χ4v) is 8.39. The monoisotopic (exact) mass is 651 g/mol. The number of hydrogen-bond donors (Lipinski definition) is 1. The fourth-order valence-electron chi connectivity index (χ4n) is 3.66. The van der Waals surface area contributed by atoms with E-state index < -0.39 is 15.0 Å². The summed E-state index contributed by atoms with van der Waals surface area (Å²) in [6, 6.07) is 5.28. The van der Waals surface area contributed by atoms with E-state index in [0.29, 0.717) is 32.4 Å². The molecule has 9 heteroatoms. The summed E-state index contributed by atoms with van der Waals surface area (Å²) < 4.78 is 4.77. The van der Waals surface area contributed by atoms with Gasteiger partial charge in [0.15, 0.2) is 0 Å². The minimum absolute atomic E-state index is 0.195. The average Bonchev–Trinajstić information content (AvgIpc) is 3.31. The van der Waals surface area contributed by atoms with Crippen LogP contribution in [0.2, 0.25) is 10.0 Å². The number of benzene rings is 1. The molecule has 1 amide bonds. The molecule has 2 heterocycles. The van der Waals surface area contributed by atoms with Crippen molar-refractivity contribution in [3.8, 4) is 5.69 Å². The maximum absolute atomic E-state index is 13.0.